The van der Waals surface area contributed by atoms with Gasteiger partial charge in [0.05, 0.1) is 6.42 Å². The van der Waals surface area contributed by atoms with Crippen LogP contribution in [0.25, 0.3) is 0 Å². The number of amides is 2. The molecule has 30 heavy (non-hydrogen) atoms. The first-order chi connectivity index (χ1) is 14.3. The SMILES string of the molecule is CCCCNC(=O)[C@@H](CC)N(Cc1ccc(F)cc1)C(=O)Cc1ccc(Cl)cc1Cl. The Morgan fingerprint density at radius 2 is 1.80 bits per heavy atom. The van der Waals surface area contributed by atoms with Crippen molar-refractivity contribution in [3.63, 3.8) is 0 Å². The quantitative estimate of drug-likeness (QED) is 0.490. The van der Waals surface area contributed by atoms with E-state index in [4.69, 9.17) is 23.2 Å². The predicted octanol–water partition coefficient (Wildman–Crippen LogP) is 5.40. The van der Waals surface area contributed by atoms with Crippen LogP contribution < -0.4 is 5.32 Å². The molecule has 2 rings (SSSR count). The summed E-state index contributed by atoms with van der Waals surface area (Å²) >= 11 is 12.2. The molecule has 0 aliphatic carbocycles. The molecule has 0 heterocycles. The van der Waals surface area contributed by atoms with Crippen LogP contribution in [0.5, 0.6) is 0 Å². The monoisotopic (exact) mass is 452 g/mol. The Hall–Kier alpha value is -2.11. The van der Waals surface area contributed by atoms with E-state index in [2.05, 4.69) is 5.32 Å². The normalized spacial score (nSPS) is 11.8. The van der Waals surface area contributed by atoms with Gasteiger partial charge in [0, 0.05) is 23.1 Å². The Kier molecular flexibility index (Phi) is 9.60. The number of carbonyl (C=O) groups is 2. The molecule has 0 saturated heterocycles. The second-order valence-corrected chi connectivity index (χ2v) is 7.97. The van der Waals surface area contributed by atoms with Gasteiger partial charge in [0.1, 0.15) is 11.9 Å². The molecule has 1 N–H and O–H groups in total. The van der Waals surface area contributed by atoms with Crippen LogP contribution in [-0.4, -0.2) is 29.3 Å². The van der Waals surface area contributed by atoms with Crippen molar-refractivity contribution in [2.24, 2.45) is 0 Å². The van der Waals surface area contributed by atoms with E-state index in [9.17, 15) is 14.0 Å². The van der Waals surface area contributed by atoms with Crippen LogP contribution in [0.15, 0.2) is 42.5 Å². The number of hydrogen-bond donors (Lipinski definition) is 1. The molecule has 0 aliphatic heterocycles. The lowest BCUT2D eigenvalue weighted by atomic mass is 10.1. The molecule has 4 nitrogen and oxygen atoms in total. The molecule has 0 aliphatic rings. The van der Waals surface area contributed by atoms with Gasteiger partial charge in [-0.1, -0.05) is 61.7 Å². The second kappa shape index (κ2) is 11.9. The average Bonchev–Trinajstić information content (AvgIpc) is 2.71. The van der Waals surface area contributed by atoms with Crippen molar-refractivity contribution < 1.29 is 14.0 Å². The fraction of sp³-hybridized carbons (Fsp3) is 0.391. The zero-order chi connectivity index (χ0) is 22.1. The number of halogens is 3. The highest BCUT2D eigenvalue weighted by atomic mass is 35.5. The second-order valence-electron chi connectivity index (χ2n) is 7.13. The van der Waals surface area contributed by atoms with E-state index in [1.54, 1.807) is 35.2 Å². The molecule has 162 valence electrons. The van der Waals surface area contributed by atoms with Crippen molar-refractivity contribution >= 4 is 35.0 Å². The van der Waals surface area contributed by atoms with E-state index in [0.29, 0.717) is 28.6 Å². The van der Waals surface area contributed by atoms with E-state index in [-0.39, 0.29) is 30.6 Å². The Balaban J connectivity index is 2.26. The highest BCUT2D eigenvalue weighted by Crippen LogP contribution is 2.23. The first-order valence-corrected chi connectivity index (χ1v) is 10.9. The van der Waals surface area contributed by atoms with Gasteiger partial charge in [-0.2, -0.15) is 0 Å². The Labute approximate surface area is 187 Å². The number of hydrogen-bond acceptors (Lipinski definition) is 2. The smallest absolute Gasteiger partial charge is 0.242 e. The van der Waals surface area contributed by atoms with Crippen LogP contribution >= 0.6 is 23.2 Å². The molecule has 0 spiro atoms. The summed E-state index contributed by atoms with van der Waals surface area (Å²) in [4.78, 5) is 27.6. The van der Waals surface area contributed by atoms with Crippen molar-refractivity contribution in [3.05, 3.63) is 69.5 Å². The highest BCUT2D eigenvalue weighted by Gasteiger charge is 2.28. The number of rotatable bonds is 10. The fourth-order valence-corrected chi connectivity index (χ4v) is 3.62. The minimum atomic E-state index is -0.634. The zero-order valence-electron chi connectivity index (χ0n) is 17.3. The standard InChI is InChI=1S/C23H27Cl2FN2O2/c1-3-5-12-27-23(30)21(4-2)28(15-16-6-10-19(26)11-7-16)22(29)13-17-8-9-18(24)14-20(17)25/h6-11,14,21H,3-5,12-13,15H2,1-2H3,(H,27,30)/t21-/m1/s1. The van der Waals surface area contributed by atoms with Crippen molar-refractivity contribution in [2.45, 2.75) is 52.1 Å². The van der Waals surface area contributed by atoms with E-state index < -0.39 is 6.04 Å². The lowest BCUT2D eigenvalue weighted by Crippen LogP contribution is -2.49. The molecular weight excluding hydrogens is 426 g/mol. The number of unbranched alkanes of at least 4 members (excludes halogenated alkanes) is 1. The molecule has 7 heteroatoms. The van der Waals surface area contributed by atoms with Crippen LogP contribution in [0.1, 0.15) is 44.2 Å². The van der Waals surface area contributed by atoms with Gasteiger partial charge in [-0.3, -0.25) is 9.59 Å². The van der Waals surface area contributed by atoms with Gasteiger partial charge in [0.15, 0.2) is 0 Å². The van der Waals surface area contributed by atoms with Crippen molar-refractivity contribution in [1.82, 2.24) is 10.2 Å². The summed E-state index contributed by atoms with van der Waals surface area (Å²) in [6.07, 6.45) is 2.33. The van der Waals surface area contributed by atoms with Crippen molar-refractivity contribution in [3.8, 4) is 0 Å². The van der Waals surface area contributed by atoms with Gasteiger partial charge in [-0.15, -0.1) is 0 Å². The molecule has 2 aromatic carbocycles. The predicted molar refractivity (Wildman–Crippen MR) is 119 cm³/mol. The van der Waals surface area contributed by atoms with E-state index >= 15 is 0 Å². The molecule has 0 fully saturated rings. The Morgan fingerprint density at radius 1 is 1.10 bits per heavy atom. The Bertz CT molecular complexity index is 859. The minimum absolute atomic E-state index is 0.0376. The zero-order valence-corrected chi connectivity index (χ0v) is 18.8. The van der Waals surface area contributed by atoms with Gasteiger partial charge in [0.25, 0.3) is 0 Å². The average molecular weight is 453 g/mol. The maximum atomic E-state index is 13.3. The van der Waals surface area contributed by atoms with Crippen molar-refractivity contribution in [2.75, 3.05) is 6.54 Å². The van der Waals surface area contributed by atoms with Crippen molar-refractivity contribution in [1.29, 1.82) is 0 Å². The lowest BCUT2D eigenvalue weighted by molar-refractivity contribution is -0.140. The summed E-state index contributed by atoms with van der Waals surface area (Å²) in [5.41, 5.74) is 1.38. The summed E-state index contributed by atoms with van der Waals surface area (Å²) in [5.74, 6) is -0.779. The van der Waals surface area contributed by atoms with Gasteiger partial charge in [0.2, 0.25) is 11.8 Å². The topological polar surface area (TPSA) is 49.4 Å². The van der Waals surface area contributed by atoms with Crippen LogP contribution in [0.3, 0.4) is 0 Å². The third-order valence-corrected chi connectivity index (χ3v) is 5.43. The van der Waals surface area contributed by atoms with Gasteiger partial charge in [-0.05, 0) is 48.2 Å². The van der Waals surface area contributed by atoms with E-state index in [0.717, 1.165) is 18.4 Å². The molecule has 1 atom stereocenters. The molecule has 0 unspecified atom stereocenters. The summed E-state index contributed by atoms with van der Waals surface area (Å²) in [5, 5.41) is 3.80. The van der Waals surface area contributed by atoms with Crippen LogP contribution in [0, 0.1) is 5.82 Å². The summed E-state index contributed by atoms with van der Waals surface area (Å²) in [7, 11) is 0. The lowest BCUT2D eigenvalue weighted by Gasteiger charge is -2.31. The number of benzene rings is 2. The molecule has 2 amide bonds. The Morgan fingerprint density at radius 3 is 2.40 bits per heavy atom. The first kappa shape index (κ1) is 24.2. The third-order valence-electron chi connectivity index (χ3n) is 4.84. The number of carbonyl (C=O) groups excluding carboxylic acids is 2. The third kappa shape index (κ3) is 6.99. The number of nitrogens with one attached hydrogen (secondary N) is 1. The summed E-state index contributed by atoms with van der Waals surface area (Å²) in [6, 6.07) is 10.3. The van der Waals surface area contributed by atoms with E-state index in [1.807, 2.05) is 13.8 Å². The van der Waals surface area contributed by atoms with Gasteiger partial charge in [-0.25, -0.2) is 4.39 Å². The van der Waals surface area contributed by atoms with Crippen LogP contribution in [0.2, 0.25) is 10.0 Å². The summed E-state index contributed by atoms with van der Waals surface area (Å²) < 4.78 is 13.3. The first-order valence-electron chi connectivity index (χ1n) is 10.1. The molecule has 0 bridgehead atoms. The summed E-state index contributed by atoms with van der Waals surface area (Å²) in [6.45, 7) is 4.67. The van der Waals surface area contributed by atoms with Gasteiger partial charge >= 0.3 is 0 Å². The number of nitrogens with zero attached hydrogens (tertiary/aromatic N) is 1. The largest absolute Gasteiger partial charge is 0.354 e. The highest BCUT2D eigenvalue weighted by molar-refractivity contribution is 6.35. The molecular formula is C23H27Cl2FN2O2. The fourth-order valence-electron chi connectivity index (χ4n) is 3.14. The molecule has 0 saturated carbocycles. The molecule has 0 aromatic heterocycles. The molecule has 0 radical (unpaired) electrons. The van der Waals surface area contributed by atoms with Gasteiger partial charge < -0.3 is 10.2 Å². The van der Waals surface area contributed by atoms with E-state index in [1.165, 1.54) is 12.1 Å². The van der Waals surface area contributed by atoms with Crippen LogP contribution in [0.4, 0.5) is 4.39 Å². The maximum Gasteiger partial charge on any atom is 0.242 e. The van der Waals surface area contributed by atoms with Crippen LogP contribution in [-0.2, 0) is 22.6 Å². The molecule has 2 aromatic rings. The maximum absolute atomic E-state index is 13.3. The minimum Gasteiger partial charge on any atom is -0.354 e.